The van der Waals surface area contributed by atoms with Crippen LogP contribution >= 0.6 is 11.6 Å². The Morgan fingerprint density at radius 3 is 2.69 bits per heavy atom. The van der Waals surface area contributed by atoms with E-state index in [9.17, 15) is 0 Å². The number of hydrogen-bond donors (Lipinski definition) is 2. The SMILES string of the molecule is Nc1ccc(CNCc2ccoc2)cc1Cl. The molecule has 0 amide bonds. The number of anilines is 1. The van der Waals surface area contributed by atoms with Crippen molar-refractivity contribution >= 4 is 17.3 Å². The molecule has 84 valence electrons. The molecule has 1 aromatic carbocycles. The topological polar surface area (TPSA) is 51.2 Å². The predicted octanol–water partition coefficient (Wildman–Crippen LogP) is 2.81. The molecule has 0 atom stereocenters. The molecule has 0 spiro atoms. The minimum atomic E-state index is 0.600. The van der Waals surface area contributed by atoms with E-state index in [1.165, 1.54) is 0 Å². The van der Waals surface area contributed by atoms with Crippen LogP contribution in [0.4, 0.5) is 5.69 Å². The lowest BCUT2D eigenvalue weighted by Crippen LogP contribution is -2.12. The van der Waals surface area contributed by atoms with Crippen molar-refractivity contribution in [2.75, 3.05) is 5.73 Å². The summed E-state index contributed by atoms with van der Waals surface area (Å²) in [6.45, 7) is 1.53. The molecule has 0 saturated heterocycles. The van der Waals surface area contributed by atoms with Gasteiger partial charge in [-0.1, -0.05) is 17.7 Å². The first-order chi connectivity index (χ1) is 7.75. The Kier molecular flexibility index (Phi) is 3.49. The average Bonchev–Trinajstić information content (AvgIpc) is 2.76. The predicted molar refractivity (Wildman–Crippen MR) is 65.1 cm³/mol. The standard InChI is InChI=1S/C12H13ClN2O/c13-11-5-9(1-2-12(11)14)6-15-7-10-3-4-16-8-10/h1-5,8,15H,6-7,14H2. The molecule has 16 heavy (non-hydrogen) atoms. The number of nitrogens with one attached hydrogen (secondary N) is 1. The summed E-state index contributed by atoms with van der Waals surface area (Å²) >= 11 is 5.92. The van der Waals surface area contributed by atoms with E-state index >= 15 is 0 Å². The van der Waals surface area contributed by atoms with Crippen molar-refractivity contribution in [3.8, 4) is 0 Å². The minimum absolute atomic E-state index is 0.600. The maximum Gasteiger partial charge on any atom is 0.0947 e. The van der Waals surface area contributed by atoms with Crippen LogP contribution in [-0.2, 0) is 13.1 Å². The molecule has 2 rings (SSSR count). The molecular weight excluding hydrogens is 224 g/mol. The molecule has 0 aliphatic carbocycles. The molecule has 0 aliphatic heterocycles. The Morgan fingerprint density at radius 1 is 1.19 bits per heavy atom. The Balaban J connectivity index is 1.87. The first-order valence-corrected chi connectivity index (χ1v) is 5.39. The Labute approximate surface area is 99.2 Å². The average molecular weight is 237 g/mol. The fourth-order valence-corrected chi connectivity index (χ4v) is 1.63. The normalized spacial score (nSPS) is 10.6. The van der Waals surface area contributed by atoms with Gasteiger partial charge in [0.15, 0.2) is 0 Å². The van der Waals surface area contributed by atoms with Crippen LogP contribution in [0.5, 0.6) is 0 Å². The lowest BCUT2D eigenvalue weighted by Gasteiger charge is -2.05. The highest BCUT2D eigenvalue weighted by atomic mass is 35.5. The first kappa shape index (κ1) is 11.0. The zero-order valence-electron chi connectivity index (χ0n) is 8.74. The molecule has 2 aromatic rings. The summed E-state index contributed by atoms with van der Waals surface area (Å²) in [6.07, 6.45) is 3.39. The minimum Gasteiger partial charge on any atom is -0.472 e. The van der Waals surface area contributed by atoms with Crippen molar-refractivity contribution in [3.05, 3.63) is 52.9 Å². The van der Waals surface area contributed by atoms with Crippen molar-refractivity contribution in [2.24, 2.45) is 0 Å². The van der Waals surface area contributed by atoms with Gasteiger partial charge in [0.05, 0.1) is 23.2 Å². The molecule has 3 nitrogen and oxygen atoms in total. The fourth-order valence-electron chi connectivity index (χ4n) is 1.43. The van der Waals surface area contributed by atoms with Crippen molar-refractivity contribution in [2.45, 2.75) is 13.1 Å². The summed E-state index contributed by atoms with van der Waals surface area (Å²) in [6, 6.07) is 7.59. The van der Waals surface area contributed by atoms with E-state index in [2.05, 4.69) is 5.32 Å². The highest BCUT2D eigenvalue weighted by Crippen LogP contribution is 2.19. The van der Waals surface area contributed by atoms with Crippen LogP contribution in [0.1, 0.15) is 11.1 Å². The Hall–Kier alpha value is -1.45. The largest absolute Gasteiger partial charge is 0.472 e. The second kappa shape index (κ2) is 5.05. The number of benzene rings is 1. The molecule has 3 N–H and O–H groups in total. The monoisotopic (exact) mass is 236 g/mol. The van der Waals surface area contributed by atoms with Gasteiger partial charge in [-0.25, -0.2) is 0 Å². The quantitative estimate of drug-likeness (QED) is 0.803. The number of nitrogens with two attached hydrogens (primary N) is 1. The second-order valence-corrected chi connectivity index (χ2v) is 4.00. The zero-order chi connectivity index (χ0) is 11.4. The van der Waals surface area contributed by atoms with Gasteiger partial charge in [0.1, 0.15) is 0 Å². The molecule has 4 heteroatoms. The number of halogens is 1. The van der Waals surface area contributed by atoms with Crippen molar-refractivity contribution in [3.63, 3.8) is 0 Å². The third-order valence-corrected chi connectivity index (χ3v) is 2.63. The maximum atomic E-state index is 5.92. The van der Waals surface area contributed by atoms with E-state index < -0.39 is 0 Å². The van der Waals surface area contributed by atoms with E-state index in [1.807, 2.05) is 24.3 Å². The highest BCUT2D eigenvalue weighted by molar-refractivity contribution is 6.33. The molecule has 0 saturated carbocycles. The van der Waals surface area contributed by atoms with Gasteiger partial charge in [-0.15, -0.1) is 0 Å². The molecule has 0 bridgehead atoms. The Morgan fingerprint density at radius 2 is 2.00 bits per heavy atom. The van der Waals surface area contributed by atoms with Crippen molar-refractivity contribution < 1.29 is 4.42 Å². The van der Waals surface area contributed by atoms with Crippen LogP contribution in [0.3, 0.4) is 0 Å². The summed E-state index contributed by atoms with van der Waals surface area (Å²) in [5.41, 5.74) is 8.48. The molecule has 1 heterocycles. The lowest BCUT2D eigenvalue weighted by molar-refractivity contribution is 0.560. The van der Waals surface area contributed by atoms with E-state index in [4.69, 9.17) is 21.8 Å². The third-order valence-electron chi connectivity index (χ3n) is 2.30. The summed E-state index contributed by atoms with van der Waals surface area (Å²) in [4.78, 5) is 0. The van der Waals surface area contributed by atoms with Crippen LogP contribution in [0.2, 0.25) is 5.02 Å². The van der Waals surface area contributed by atoms with Crippen LogP contribution < -0.4 is 11.1 Å². The summed E-state index contributed by atoms with van der Waals surface area (Å²) < 4.78 is 4.97. The summed E-state index contributed by atoms with van der Waals surface area (Å²) in [7, 11) is 0. The van der Waals surface area contributed by atoms with Crippen molar-refractivity contribution in [1.82, 2.24) is 5.32 Å². The van der Waals surface area contributed by atoms with Gasteiger partial charge in [-0.05, 0) is 23.8 Å². The van der Waals surface area contributed by atoms with E-state index in [0.29, 0.717) is 10.7 Å². The van der Waals surface area contributed by atoms with Crippen LogP contribution in [-0.4, -0.2) is 0 Å². The highest BCUT2D eigenvalue weighted by Gasteiger charge is 1.99. The molecular formula is C12H13ClN2O. The van der Waals surface area contributed by atoms with Gasteiger partial charge >= 0.3 is 0 Å². The van der Waals surface area contributed by atoms with Gasteiger partial charge in [0.2, 0.25) is 0 Å². The zero-order valence-corrected chi connectivity index (χ0v) is 9.50. The first-order valence-electron chi connectivity index (χ1n) is 5.01. The number of rotatable bonds is 4. The molecule has 0 aliphatic rings. The molecule has 1 aromatic heterocycles. The van der Waals surface area contributed by atoms with E-state index in [0.717, 1.165) is 24.2 Å². The van der Waals surface area contributed by atoms with Gasteiger partial charge in [-0.3, -0.25) is 0 Å². The van der Waals surface area contributed by atoms with Crippen LogP contribution in [0.25, 0.3) is 0 Å². The lowest BCUT2D eigenvalue weighted by atomic mass is 10.2. The Bertz CT molecular complexity index is 454. The number of nitrogen functional groups attached to an aromatic ring is 1. The van der Waals surface area contributed by atoms with Gasteiger partial charge < -0.3 is 15.5 Å². The van der Waals surface area contributed by atoms with E-state index in [-0.39, 0.29) is 0 Å². The maximum absolute atomic E-state index is 5.92. The molecule has 0 unspecified atom stereocenters. The summed E-state index contributed by atoms with van der Waals surface area (Å²) in [5, 5.41) is 3.89. The van der Waals surface area contributed by atoms with Crippen molar-refractivity contribution in [1.29, 1.82) is 0 Å². The van der Waals surface area contributed by atoms with Gasteiger partial charge in [0.25, 0.3) is 0 Å². The smallest absolute Gasteiger partial charge is 0.0947 e. The van der Waals surface area contributed by atoms with Crippen LogP contribution in [0, 0.1) is 0 Å². The fraction of sp³-hybridized carbons (Fsp3) is 0.167. The third kappa shape index (κ3) is 2.78. The van der Waals surface area contributed by atoms with Crippen LogP contribution in [0.15, 0.2) is 41.2 Å². The summed E-state index contributed by atoms with van der Waals surface area (Å²) in [5.74, 6) is 0. The molecule has 0 fully saturated rings. The number of furan rings is 1. The van der Waals surface area contributed by atoms with E-state index in [1.54, 1.807) is 12.5 Å². The molecule has 0 radical (unpaired) electrons. The van der Waals surface area contributed by atoms with Gasteiger partial charge in [-0.2, -0.15) is 0 Å². The second-order valence-electron chi connectivity index (χ2n) is 3.59. The number of hydrogen-bond acceptors (Lipinski definition) is 3. The van der Waals surface area contributed by atoms with Gasteiger partial charge in [0, 0.05) is 18.7 Å².